The average molecular weight is 276 g/mol. The van der Waals surface area contributed by atoms with Gasteiger partial charge >= 0.3 is 0 Å². The highest BCUT2D eigenvalue weighted by molar-refractivity contribution is 5.32. The highest BCUT2D eigenvalue weighted by atomic mass is 19.1. The monoisotopic (exact) mass is 276 g/mol. The quantitative estimate of drug-likeness (QED) is 0.808. The van der Waals surface area contributed by atoms with Gasteiger partial charge in [0.15, 0.2) is 0 Å². The van der Waals surface area contributed by atoms with Crippen LogP contribution in [0.25, 0.3) is 5.82 Å². The molecule has 2 aromatic heterocycles. The number of ether oxygens (including phenoxy) is 1. The van der Waals surface area contributed by atoms with Crippen molar-refractivity contribution in [2.45, 2.75) is 33.3 Å². The molecule has 0 saturated heterocycles. The lowest BCUT2D eigenvalue weighted by atomic mass is 10.2. The number of nitrogens with zero attached hydrogens (tertiary/aromatic N) is 2. The number of pyridine rings is 1. The van der Waals surface area contributed by atoms with Crippen molar-refractivity contribution >= 4 is 0 Å². The van der Waals surface area contributed by atoms with Gasteiger partial charge in [-0.05, 0) is 45.0 Å². The van der Waals surface area contributed by atoms with Gasteiger partial charge in [0.25, 0.3) is 0 Å². The van der Waals surface area contributed by atoms with Crippen molar-refractivity contribution < 1.29 is 9.13 Å². The van der Waals surface area contributed by atoms with Gasteiger partial charge in [-0.3, -0.25) is 0 Å². The van der Waals surface area contributed by atoms with Gasteiger partial charge in [-0.2, -0.15) is 0 Å². The van der Waals surface area contributed by atoms with Crippen molar-refractivity contribution in [2.24, 2.45) is 0 Å². The molecule has 0 radical (unpaired) electrons. The number of aryl methyl sites for hydroxylation is 2. The predicted octanol–water partition coefficient (Wildman–Crippen LogP) is 3.41. The molecule has 0 aromatic carbocycles. The van der Waals surface area contributed by atoms with E-state index in [4.69, 9.17) is 4.74 Å². The Kier molecular flexibility index (Phi) is 4.90. The van der Waals surface area contributed by atoms with E-state index < -0.39 is 6.67 Å². The van der Waals surface area contributed by atoms with Gasteiger partial charge in [0, 0.05) is 23.5 Å². The van der Waals surface area contributed by atoms with E-state index >= 15 is 0 Å². The van der Waals surface area contributed by atoms with Gasteiger partial charge in [0.05, 0.1) is 12.7 Å². The second-order valence-corrected chi connectivity index (χ2v) is 5.01. The van der Waals surface area contributed by atoms with Crippen LogP contribution in [0.4, 0.5) is 4.39 Å². The largest absolute Gasteiger partial charge is 0.375 e. The van der Waals surface area contributed by atoms with Crippen LogP contribution in [0.3, 0.4) is 0 Å². The molecule has 0 spiro atoms. The summed E-state index contributed by atoms with van der Waals surface area (Å²) in [7, 11) is 0. The molecule has 2 aromatic rings. The zero-order valence-electron chi connectivity index (χ0n) is 12.3. The zero-order chi connectivity index (χ0) is 14.5. The van der Waals surface area contributed by atoms with E-state index in [0.29, 0.717) is 6.42 Å². The van der Waals surface area contributed by atoms with E-state index in [1.807, 2.05) is 25.1 Å². The van der Waals surface area contributed by atoms with Crippen molar-refractivity contribution in [2.75, 3.05) is 13.3 Å². The number of hydrogen-bond acceptors (Lipinski definition) is 2. The van der Waals surface area contributed by atoms with Crippen molar-refractivity contribution in [3.63, 3.8) is 0 Å². The maximum Gasteiger partial charge on any atom is 0.137 e. The molecule has 0 bridgehead atoms. The molecular formula is C16H21FN2O. The van der Waals surface area contributed by atoms with Gasteiger partial charge in [0.1, 0.15) is 12.5 Å². The minimum absolute atomic E-state index is 0.0274. The molecule has 1 unspecified atom stereocenters. The first-order chi connectivity index (χ1) is 9.61. The van der Waals surface area contributed by atoms with Crippen molar-refractivity contribution in [3.05, 3.63) is 47.4 Å². The van der Waals surface area contributed by atoms with E-state index in [1.54, 1.807) is 0 Å². The molecule has 0 aliphatic rings. The number of rotatable bonds is 6. The number of alkyl halides is 1. The summed E-state index contributed by atoms with van der Waals surface area (Å²) in [5.74, 6) is 0.917. The summed E-state index contributed by atoms with van der Waals surface area (Å²) in [6.45, 7) is 5.77. The van der Waals surface area contributed by atoms with Gasteiger partial charge in [-0.15, -0.1) is 0 Å². The molecule has 0 N–H and O–H groups in total. The van der Waals surface area contributed by atoms with Gasteiger partial charge in [0.2, 0.25) is 0 Å². The van der Waals surface area contributed by atoms with E-state index in [2.05, 4.69) is 35.5 Å². The lowest BCUT2D eigenvalue weighted by molar-refractivity contribution is 0.0561. The summed E-state index contributed by atoms with van der Waals surface area (Å²) in [6.07, 6.45) is 0.660. The summed E-state index contributed by atoms with van der Waals surface area (Å²) < 4.78 is 19.6. The predicted molar refractivity (Wildman–Crippen MR) is 78.1 cm³/mol. The molecular weight excluding hydrogens is 255 g/mol. The summed E-state index contributed by atoms with van der Waals surface area (Å²) in [5.41, 5.74) is 3.28. The summed E-state index contributed by atoms with van der Waals surface area (Å²) in [6, 6.07) is 10.1. The molecule has 0 aliphatic heterocycles. The van der Waals surface area contributed by atoms with Gasteiger partial charge in [-0.1, -0.05) is 6.07 Å². The van der Waals surface area contributed by atoms with Crippen LogP contribution in [0.15, 0.2) is 30.3 Å². The SMILES string of the molecule is Cc1ccc(C)n1-c1cccc(CC(C)OCCF)n1. The highest BCUT2D eigenvalue weighted by Crippen LogP contribution is 2.15. The Balaban J connectivity index is 2.16. The molecule has 4 heteroatoms. The molecule has 3 nitrogen and oxygen atoms in total. The normalized spacial score (nSPS) is 12.6. The third-order valence-corrected chi connectivity index (χ3v) is 3.27. The fraction of sp³-hybridized carbons (Fsp3) is 0.438. The van der Waals surface area contributed by atoms with Crippen molar-refractivity contribution in [3.8, 4) is 5.82 Å². The standard InChI is InChI=1S/C16H21FN2O/c1-12-7-8-13(2)19(12)16-6-4-5-15(18-16)11-14(3)20-10-9-17/h4-8,14H,9-11H2,1-3H3. The molecule has 0 saturated carbocycles. The Morgan fingerprint density at radius 2 is 1.90 bits per heavy atom. The molecule has 1 atom stereocenters. The average Bonchev–Trinajstić information content (AvgIpc) is 2.76. The molecule has 20 heavy (non-hydrogen) atoms. The minimum Gasteiger partial charge on any atom is -0.375 e. The lowest BCUT2D eigenvalue weighted by Gasteiger charge is -2.13. The first kappa shape index (κ1) is 14.7. The van der Waals surface area contributed by atoms with Gasteiger partial charge in [-0.25, -0.2) is 9.37 Å². The van der Waals surface area contributed by atoms with Crippen LogP contribution >= 0.6 is 0 Å². The third-order valence-electron chi connectivity index (χ3n) is 3.27. The maximum atomic E-state index is 12.1. The van der Waals surface area contributed by atoms with Gasteiger partial charge < -0.3 is 9.30 Å². The summed E-state index contributed by atoms with van der Waals surface area (Å²) in [4.78, 5) is 4.67. The molecule has 2 heterocycles. The van der Waals surface area contributed by atoms with Crippen molar-refractivity contribution in [1.29, 1.82) is 0 Å². The second kappa shape index (κ2) is 6.66. The Hall–Kier alpha value is -1.68. The van der Waals surface area contributed by atoms with E-state index in [9.17, 15) is 4.39 Å². The van der Waals surface area contributed by atoms with Crippen LogP contribution in [-0.4, -0.2) is 28.9 Å². The number of hydrogen-bond donors (Lipinski definition) is 0. The molecule has 0 fully saturated rings. The van der Waals surface area contributed by atoms with Crippen molar-refractivity contribution in [1.82, 2.24) is 9.55 Å². The fourth-order valence-corrected chi connectivity index (χ4v) is 2.33. The highest BCUT2D eigenvalue weighted by Gasteiger charge is 2.08. The molecule has 0 aliphatic carbocycles. The van der Waals surface area contributed by atoms with Crippen LogP contribution in [0.5, 0.6) is 0 Å². The third kappa shape index (κ3) is 3.45. The summed E-state index contributed by atoms with van der Waals surface area (Å²) in [5, 5.41) is 0. The smallest absolute Gasteiger partial charge is 0.137 e. The van der Waals surface area contributed by atoms with Crippen LogP contribution in [-0.2, 0) is 11.2 Å². The lowest BCUT2D eigenvalue weighted by Crippen LogP contribution is -2.15. The van der Waals surface area contributed by atoms with Crippen LogP contribution in [0.1, 0.15) is 24.0 Å². The van der Waals surface area contributed by atoms with Crippen LogP contribution < -0.4 is 0 Å². The van der Waals surface area contributed by atoms with Crippen LogP contribution in [0.2, 0.25) is 0 Å². The second-order valence-electron chi connectivity index (χ2n) is 5.01. The first-order valence-corrected chi connectivity index (χ1v) is 6.90. The molecule has 0 amide bonds. The zero-order valence-corrected chi connectivity index (χ0v) is 12.3. The minimum atomic E-state index is -0.445. The van der Waals surface area contributed by atoms with E-state index in [-0.39, 0.29) is 12.7 Å². The molecule has 108 valence electrons. The topological polar surface area (TPSA) is 27.1 Å². The fourth-order valence-electron chi connectivity index (χ4n) is 2.33. The van der Waals surface area contributed by atoms with Crippen LogP contribution in [0, 0.1) is 13.8 Å². The Morgan fingerprint density at radius 1 is 1.20 bits per heavy atom. The Morgan fingerprint density at radius 3 is 2.55 bits per heavy atom. The Labute approximate surface area is 119 Å². The maximum absolute atomic E-state index is 12.1. The molecule has 2 rings (SSSR count). The Bertz CT molecular complexity index is 546. The number of aromatic nitrogens is 2. The number of halogens is 1. The summed E-state index contributed by atoms with van der Waals surface area (Å²) >= 11 is 0. The van der Waals surface area contributed by atoms with E-state index in [1.165, 1.54) is 0 Å². The van der Waals surface area contributed by atoms with E-state index in [0.717, 1.165) is 22.9 Å². The first-order valence-electron chi connectivity index (χ1n) is 6.90.